The summed E-state index contributed by atoms with van der Waals surface area (Å²) in [4.78, 5) is 0. The zero-order chi connectivity index (χ0) is 14.1. The van der Waals surface area contributed by atoms with Crippen LogP contribution in [0, 0.1) is 5.82 Å². The maximum Gasteiger partial charge on any atom is 0.165 e. The number of aryl methyl sites for hydroxylation is 1. The molecule has 0 aliphatic rings. The number of rotatable bonds is 3. The molecule has 0 unspecified atom stereocenters. The van der Waals surface area contributed by atoms with Gasteiger partial charge in [0, 0.05) is 34.7 Å². The van der Waals surface area contributed by atoms with Crippen LogP contribution in [0.15, 0.2) is 48.7 Å². The number of nitrogens with zero attached hydrogens (tertiary/aromatic N) is 1. The van der Waals surface area contributed by atoms with Crippen molar-refractivity contribution in [3.8, 4) is 5.75 Å². The molecule has 2 aromatic carbocycles. The average Bonchev–Trinajstić information content (AvgIpc) is 2.74. The van der Waals surface area contributed by atoms with Crippen molar-refractivity contribution in [3.63, 3.8) is 0 Å². The lowest BCUT2D eigenvalue weighted by Crippen LogP contribution is -1.96. The first kappa shape index (κ1) is 13.0. The molecule has 102 valence electrons. The topological polar surface area (TPSA) is 14.2 Å². The Morgan fingerprint density at radius 2 is 2.00 bits per heavy atom. The summed E-state index contributed by atoms with van der Waals surface area (Å²) < 4.78 is 21.1. The van der Waals surface area contributed by atoms with Crippen LogP contribution < -0.4 is 4.74 Å². The molecule has 4 heteroatoms. The molecule has 1 aromatic heterocycles. The first-order valence-corrected chi connectivity index (χ1v) is 6.64. The van der Waals surface area contributed by atoms with Gasteiger partial charge in [-0.1, -0.05) is 29.8 Å². The van der Waals surface area contributed by atoms with Crippen LogP contribution in [0.4, 0.5) is 4.39 Å². The van der Waals surface area contributed by atoms with Crippen molar-refractivity contribution < 1.29 is 9.13 Å². The van der Waals surface area contributed by atoms with Crippen LogP contribution >= 0.6 is 11.6 Å². The summed E-state index contributed by atoms with van der Waals surface area (Å²) in [6, 6.07) is 12.1. The lowest BCUT2D eigenvalue weighted by atomic mass is 10.2. The fourth-order valence-electron chi connectivity index (χ4n) is 2.27. The minimum atomic E-state index is -0.351. The van der Waals surface area contributed by atoms with Crippen molar-refractivity contribution in [3.05, 3.63) is 65.1 Å². The van der Waals surface area contributed by atoms with Gasteiger partial charge in [0.05, 0.1) is 0 Å². The van der Waals surface area contributed by atoms with E-state index in [0.717, 1.165) is 16.5 Å². The number of benzene rings is 2. The van der Waals surface area contributed by atoms with E-state index < -0.39 is 0 Å². The van der Waals surface area contributed by atoms with Gasteiger partial charge in [0.25, 0.3) is 0 Å². The first-order valence-electron chi connectivity index (χ1n) is 6.26. The Bertz CT molecular complexity index is 766. The highest BCUT2D eigenvalue weighted by atomic mass is 35.5. The minimum Gasteiger partial charge on any atom is -0.486 e. The third-order valence-electron chi connectivity index (χ3n) is 3.26. The van der Waals surface area contributed by atoms with Crippen LogP contribution in [0.5, 0.6) is 5.75 Å². The number of hydrogen-bond donors (Lipinski definition) is 0. The molecular weight excluding hydrogens is 277 g/mol. The summed E-state index contributed by atoms with van der Waals surface area (Å²) in [5.74, 6) is -0.0887. The summed E-state index contributed by atoms with van der Waals surface area (Å²) in [5, 5.41) is 1.76. The molecule has 0 saturated carbocycles. The molecule has 20 heavy (non-hydrogen) atoms. The molecule has 0 fully saturated rings. The van der Waals surface area contributed by atoms with Crippen molar-refractivity contribution in [2.24, 2.45) is 7.05 Å². The third-order valence-corrected chi connectivity index (χ3v) is 3.49. The standard InChI is InChI=1S/C16H13ClFNO/c1-19-9-11(13-7-6-12(17)8-15(13)19)10-20-16-5-3-2-4-14(16)18/h2-9H,10H2,1H3. The summed E-state index contributed by atoms with van der Waals surface area (Å²) >= 11 is 6.00. The van der Waals surface area contributed by atoms with Crippen LogP contribution in [-0.2, 0) is 13.7 Å². The maximum absolute atomic E-state index is 13.5. The van der Waals surface area contributed by atoms with Gasteiger partial charge in [-0.15, -0.1) is 0 Å². The molecule has 0 aliphatic heterocycles. The fraction of sp³-hybridized carbons (Fsp3) is 0.125. The Kier molecular flexibility index (Phi) is 3.36. The molecule has 0 saturated heterocycles. The number of aromatic nitrogens is 1. The molecule has 0 radical (unpaired) electrons. The Hall–Kier alpha value is -2.00. The molecule has 3 aromatic rings. The fourth-order valence-corrected chi connectivity index (χ4v) is 2.44. The Balaban J connectivity index is 1.90. The monoisotopic (exact) mass is 289 g/mol. The normalized spacial score (nSPS) is 10.9. The summed E-state index contributed by atoms with van der Waals surface area (Å²) in [7, 11) is 1.95. The van der Waals surface area contributed by atoms with Crippen molar-refractivity contribution in [1.29, 1.82) is 0 Å². The zero-order valence-corrected chi connectivity index (χ0v) is 11.7. The molecule has 3 rings (SSSR count). The van der Waals surface area contributed by atoms with Gasteiger partial charge < -0.3 is 9.30 Å². The molecule has 0 amide bonds. The predicted octanol–water partition coefficient (Wildman–Crippen LogP) is 4.55. The van der Waals surface area contributed by atoms with E-state index in [-0.39, 0.29) is 11.6 Å². The number of fused-ring (bicyclic) bond motifs is 1. The van der Waals surface area contributed by atoms with Crippen LogP contribution in [-0.4, -0.2) is 4.57 Å². The van der Waals surface area contributed by atoms with E-state index >= 15 is 0 Å². The second-order valence-electron chi connectivity index (χ2n) is 4.65. The zero-order valence-electron chi connectivity index (χ0n) is 10.9. The molecule has 0 atom stereocenters. The highest BCUT2D eigenvalue weighted by molar-refractivity contribution is 6.31. The molecule has 2 nitrogen and oxygen atoms in total. The van der Waals surface area contributed by atoms with Crippen molar-refractivity contribution >= 4 is 22.5 Å². The van der Waals surface area contributed by atoms with E-state index in [1.54, 1.807) is 18.2 Å². The van der Waals surface area contributed by atoms with Crippen LogP contribution in [0.1, 0.15) is 5.56 Å². The summed E-state index contributed by atoms with van der Waals surface area (Å²) in [5.41, 5.74) is 2.03. The molecule has 0 aliphatic carbocycles. The van der Waals surface area contributed by atoms with Gasteiger partial charge >= 0.3 is 0 Å². The molecule has 0 N–H and O–H groups in total. The Labute approximate surface area is 121 Å². The average molecular weight is 290 g/mol. The number of ether oxygens (including phenoxy) is 1. The van der Waals surface area contributed by atoms with Gasteiger partial charge in [-0.2, -0.15) is 0 Å². The maximum atomic E-state index is 13.5. The molecule has 0 bridgehead atoms. The number of halogens is 2. The van der Waals surface area contributed by atoms with Crippen molar-refractivity contribution in [2.45, 2.75) is 6.61 Å². The summed E-state index contributed by atoms with van der Waals surface area (Å²) in [6.07, 6.45) is 1.97. The number of hydrogen-bond acceptors (Lipinski definition) is 1. The quantitative estimate of drug-likeness (QED) is 0.690. The predicted molar refractivity (Wildman–Crippen MR) is 78.7 cm³/mol. The first-order chi connectivity index (χ1) is 9.65. The van der Waals surface area contributed by atoms with Gasteiger partial charge in [-0.25, -0.2) is 4.39 Å². The highest BCUT2D eigenvalue weighted by Gasteiger charge is 2.09. The van der Waals surface area contributed by atoms with Crippen LogP contribution in [0.3, 0.4) is 0 Å². The molecule has 0 spiro atoms. The molecule has 1 heterocycles. The smallest absolute Gasteiger partial charge is 0.165 e. The van der Waals surface area contributed by atoms with Gasteiger partial charge in [0.2, 0.25) is 0 Å². The van der Waals surface area contributed by atoms with Gasteiger partial charge in [-0.05, 0) is 24.3 Å². The van der Waals surface area contributed by atoms with Crippen molar-refractivity contribution in [2.75, 3.05) is 0 Å². The lowest BCUT2D eigenvalue weighted by molar-refractivity contribution is 0.291. The van der Waals surface area contributed by atoms with Crippen molar-refractivity contribution in [1.82, 2.24) is 4.57 Å². The van der Waals surface area contributed by atoms with E-state index in [0.29, 0.717) is 11.6 Å². The Morgan fingerprint density at radius 1 is 1.20 bits per heavy atom. The van der Waals surface area contributed by atoms with E-state index in [1.165, 1.54) is 6.07 Å². The minimum absolute atomic E-state index is 0.262. The van der Waals surface area contributed by atoms with Gasteiger partial charge in [0.1, 0.15) is 6.61 Å². The SMILES string of the molecule is Cn1cc(COc2ccccc2F)c2ccc(Cl)cc21. The van der Waals surface area contributed by atoms with E-state index in [9.17, 15) is 4.39 Å². The highest BCUT2D eigenvalue weighted by Crippen LogP contribution is 2.25. The van der Waals surface area contributed by atoms with Gasteiger partial charge in [0.15, 0.2) is 11.6 Å². The second-order valence-corrected chi connectivity index (χ2v) is 5.08. The molecular formula is C16H13ClFNO. The largest absolute Gasteiger partial charge is 0.486 e. The summed E-state index contributed by atoms with van der Waals surface area (Å²) in [6.45, 7) is 0.319. The second kappa shape index (κ2) is 5.17. The van der Waals surface area contributed by atoms with Crippen LogP contribution in [0.2, 0.25) is 5.02 Å². The number of para-hydroxylation sites is 1. The van der Waals surface area contributed by atoms with E-state index in [2.05, 4.69) is 0 Å². The van der Waals surface area contributed by atoms with E-state index in [1.807, 2.05) is 36.0 Å². The van der Waals surface area contributed by atoms with E-state index in [4.69, 9.17) is 16.3 Å². The third kappa shape index (κ3) is 2.37. The lowest BCUT2D eigenvalue weighted by Gasteiger charge is -2.06. The Morgan fingerprint density at radius 3 is 2.80 bits per heavy atom. The van der Waals surface area contributed by atoms with Crippen LogP contribution in [0.25, 0.3) is 10.9 Å². The van der Waals surface area contributed by atoms with Gasteiger partial charge in [-0.3, -0.25) is 0 Å².